The van der Waals surface area contributed by atoms with Crippen LogP contribution in [-0.4, -0.2) is 36.1 Å². The summed E-state index contributed by atoms with van der Waals surface area (Å²) in [6, 6.07) is 0.209. The zero-order valence-corrected chi connectivity index (χ0v) is 11.6. The maximum Gasteiger partial charge on any atom is 0.229 e. The molecule has 0 aromatic carbocycles. The van der Waals surface area contributed by atoms with Gasteiger partial charge in [0.1, 0.15) is 0 Å². The number of nitrogens with two attached hydrogens (primary N) is 1. The van der Waals surface area contributed by atoms with E-state index in [1.54, 1.807) is 0 Å². The molecule has 0 spiro atoms. The van der Waals surface area contributed by atoms with Crippen molar-refractivity contribution in [2.45, 2.75) is 50.0 Å². The smallest absolute Gasteiger partial charge is 0.229 e. The Morgan fingerprint density at radius 2 is 2.05 bits per heavy atom. The first-order valence-corrected chi connectivity index (χ1v) is 8.65. The lowest BCUT2D eigenvalue weighted by atomic mass is 9.86. The van der Waals surface area contributed by atoms with Crippen molar-refractivity contribution in [2.24, 2.45) is 5.73 Å². The van der Waals surface area contributed by atoms with Crippen LogP contribution in [0.2, 0.25) is 0 Å². The second kappa shape index (κ2) is 4.86. The Bertz CT molecular complexity index is 554. The lowest BCUT2D eigenvalue weighted by Crippen LogP contribution is -2.27. The summed E-state index contributed by atoms with van der Waals surface area (Å²) >= 11 is 0. The molecule has 1 aromatic heterocycles. The number of aromatic nitrogens is 2. The quantitative estimate of drug-likeness (QED) is 0.868. The van der Waals surface area contributed by atoms with Gasteiger partial charge in [0.2, 0.25) is 5.89 Å². The van der Waals surface area contributed by atoms with Gasteiger partial charge >= 0.3 is 0 Å². The Hall–Kier alpha value is -0.950. The van der Waals surface area contributed by atoms with E-state index in [1.165, 1.54) is 0 Å². The number of nitrogens with zero attached hydrogens (tertiary/aromatic N) is 2. The Morgan fingerprint density at radius 1 is 1.21 bits per heavy atom. The van der Waals surface area contributed by atoms with Crippen LogP contribution in [0.1, 0.15) is 55.7 Å². The van der Waals surface area contributed by atoms with E-state index in [1.807, 2.05) is 0 Å². The van der Waals surface area contributed by atoms with Crippen molar-refractivity contribution >= 4 is 9.84 Å². The average Bonchev–Trinajstić information content (AvgIpc) is 2.95. The summed E-state index contributed by atoms with van der Waals surface area (Å²) in [5.74, 6) is 1.71. The van der Waals surface area contributed by atoms with Crippen molar-refractivity contribution < 1.29 is 12.9 Å². The van der Waals surface area contributed by atoms with Crippen LogP contribution < -0.4 is 5.73 Å². The van der Waals surface area contributed by atoms with Crippen molar-refractivity contribution in [3.63, 3.8) is 0 Å². The number of sulfone groups is 1. The van der Waals surface area contributed by atoms with Gasteiger partial charge in [0.25, 0.3) is 0 Å². The van der Waals surface area contributed by atoms with Crippen LogP contribution in [-0.2, 0) is 9.84 Å². The minimum Gasteiger partial charge on any atom is -0.339 e. The van der Waals surface area contributed by atoms with Gasteiger partial charge < -0.3 is 10.3 Å². The normalized spacial score (nSPS) is 34.5. The summed E-state index contributed by atoms with van der Waals surface area (Å²) in [6.45, 7) is 0. The number of hydrogen-bond acceptors (Lipinski definition) is 6. The molecule has 1 saturated carbocycles. The third kappa shape index (κ3) is 2.81. The fourth-order valence-corrected chi connectivity index (χ4v) is 4.77. The van der Waals surface area contributed by atoms with Crippen molar-refractivity contribution in [2.75, 3.05) is 11.5 Å². The molecule has 3 rings (SSSR count). The summed E-state index contributed by atoms with van der Waals surface area (Å²) in [5.41, 5.74) is 5.96. The number of hydrogen-bond donors (Lipinski definition) is 1. The minimum atomic E-state index is -2.91. The van der Waals surface area contributed by atoms with E-state index in [0.717, 1.165) is 25.7 Å². The van der Waals surface area contributed by atoms with Gasteiger partial charge in [-0.3, -0.25) is 0 Å². The summed E-state index contributed by atoms with van der Waals surface area (Å²) in [4.78, 5) is 4.42. The van der Waals surface area contributed by atoms with Crippen molar-refractivity contribution in [3.05, 3.63) is 11.7 Å². The Morgan fingerprint density at radius 3 is 2.74 bits per heavy atom. The van der Waals surface area contributed by atoms with Gasteiger partial charge in [-0.15, -0.1) is 0 Å². The van der Waals surface area contributed by atoms with Crippen LogP contribution in [0, 0.1) is 0 Å². The monoisotopic (exact) mass is 285 g/mol. The SMILES string of the molecule is NC1CCCC(c2nc(C3CCS(=O)(=O)C3)no2)C1. The standard InChI is InChI=1S/C12H19N3O3S/c13-10-3-1-2-8(6-10)12-14-11(15-18-12)9-4-5-19(16,17)7-9/h8-10H,1-7,13H2. The van der Waals surface area contributed by atoms with E-state index >= 15 is 0 Å². The molecular formula is C12H19N3O3S. The van der Waals surface area contributed by atoms with Gasteiger partial charge in [0, 0.05) is 17.9 Å². The highest BCUT2D eigenvalue weighted by Crippen LogP contribution is 2.33. The second-order valence-corrected chi connectivity index (χ2v) is 7.94. The van der Waals surface area contributed by atoms with Crippen LogP contribution in [0.4, 0.5) is 0 Å². The average molecular weight is 285 g/mol. The lowest BCUT2D eigenvalue weighted by molar-refractivity contribution is 0.297. The zero-order chi connectivity index (χ0) is 13.5. The van der Waals surface area contributed by atoms with Crippen LogP contribution in [0.15, 0.2) is 4.52 Å². The maximum atomic E-state index is 11.5. The van der Waals surface area contributed by atoms with Crippen molar-refractivity contribution in [1.82, 2.24) is 10.1 Å². The molecule has 2 aliphatic rings. The second-order valence-electron chi connectivity index (χ2n) is 5.71. The molecule has 106 valence electrons. The van der Waals surface area contributed by atoms with Crippen LogP contribution in [0.25, 0.3) is 0 Å². The predicted octanol–water partition coefficient (Wildman–Crippen LogP) is 0.957. The van der Waals surface area contributed by atoms with Gasteiger partial charge in [-0.2, -0.15) is 4.98 Å². The first-order valence-electron chi connectivity index (χ1n) is 6.83. The Kier molecular flexibility index (Phi) is 3.34. The molecule has 1 aromatic rings. The van der Waals surface area contributed by atoms with Crippen LogP contribution >= 0.6 is 0 Å². The molecule has 1 saturated heterocycles. The van der Waals surface area contributed by atoms with E-state index in [9.17, 15) is 8.42 Å². The fraction of sp³-hybridized carbons (Fsp3) is 0.833. The number of rotatable bonds is 2. The van der Waals surface area contributed by atoms with E-state index < -0.39 is 9.84 Å². The first kappa shape index (κ1) is 13.1. The molecule has 0 amide bonds. The molecule has 0 radical (unpaired) electrons. The van der Waals surface area contributed by atoms with Gasteiger partial charge in [-0.25, -0.2) is 8.42 Å². The molecule has 6 nitrogen and oxygen atoms in total. The molecule has 2 fully saturated rings. The van der Waals surface area contributed by atoms with E-state index in [4.69, 9.17) is 10.3 Å². The van der Waals surface area contributed by atoms with Crippen LogP contribution in [0.5, 0.6) is 0 Å². The van der Waals surface area contributed by atoms with Crippen molar-refractivity contribution in [3.8, 4) is 0 Å². The molecule has 19 heavy (non-hydrogen) atoms. The molecule has 1 aliphatic heterocycles. The predicted molar refractivity (Wildman–Crippen MR) is 69.5 cm³/mol. The van der Waals surface area contributed by atoms with Gasteiger partial charge in [0.05, 0.1) is 11.5 Å². The van der Waals surface area contributed by atoms with Crippen molar-refractivity contribution in [1.29, 1.82) is 0 Å². The topological polar surface area (TPSA) is 99.1 Å². The molecule has 7 heteroatoms. The van der Waals surface area contributed by atoms with Gasteiger partial charge in [-0.05, 0) is 25.7 Å². The highest BCUT2D eigenvalue weighted by Gasteiger charge is 2.33. The molecule has 1 aliphatic carbocycles. The third-order valence-electron chi connectivity index (χ3n) is 4.12. The van der Waals surface area contributed by atoms with Gasteiger partial charge in [-0.1, -0.05) is 11.6 Å². The molecule has 2 heterocycles. The van der Waals surface area contributed by atoms with E-state index in [0.29, 0.717) is 18.1 Å². The molecule has 3 unspecified atom stereocenters. The molecule has 0 bridgehead atoms. The molecule has 3 atom stereocenters. The van der Waals surface area contributed by atoms with E-state index in [-0.39, 0.29) is 29.4 Å². The molecule has 2 N–H and O–H groups in total. The Balaban J connectivity index is 1.73. The summed E-state index contributed by atoms with van der Waals surface area (Å²) in [6.07, 6.45) is 4.65. The van der Waals surface area contributed by atoms with Crippen LogP contribution in [0.3, 0.4) is 0 Å². The van der Waals surface area contributed by atoms with E-state index in [2.05, 4.69) is 10.1 Å². The summed E-state index contributed by atoms with van der Waals surface area (Å²) < 4.78 is 28.2. The summed E-state index contributed by atoms with van der Waals surface area (Å²) in [7, 11) is -2.91. The largest absolute Gasteiger partial charge is 0.339 e. The first-order chi connectivity index (χ1) is 9.03. The third-order valence-corrected chi connectivity index (χ3v) is 5.89. The highest BCUT2D eigenvalue weighted by molar-refractivity contribution is 7.91. The Labute approximate surface area is 112 Å². The van der Waals surface area contributed by atoms with Gasteiger partial charge in [0.15, 0.2) is 15.7 Å². The maximum absolute atomic E-state index is 11.5. The zero-order valence-electron chi connectivity index (χ0n) is 10.8. The summed E-state index contributed by atoms with van der Waals surface area (Å²) in [5, 5.41) is 3.97. The molecular weight excluding hydrogens is 266 g/mol. The highest BCUT2D eigenvalue weighted by atomic mass is 32.2. The fourth-order valence-electron chi connectivity index (χ4n) is 3.03. The lowest BCUT2D eigenvalue weighted by Gasteiger charge is -2.23. The minimum absolute atomic E-state index is 0.0974.